The molecule has 0 aliphatic rings. The number of aliphatic hydroxyl groups is 1. The van der Waals surface area contributed by atoms with Gasteiger partial charge in [-0.3, -0.25) is 9.98 Å². The molecule has 1 aromatic heterocycles. The molecule has 1 rings (SSSR count). The van der Waals surface area contributed by atoms with Crippen LogP contribution in [0, 0.1) is 0 Å². The highest BCUT2D eigenvalue weighted by Crippen LogP contribution is 2.14. The van der Waals surface area contributed by atoms with Gasteiger partial charge in [0.1, 0.15) is 0 Å². The fourth-order valence-electron chi connectivity index (χ4n) is 0.864. The second kappa shape index (κ2) is 4.89. The Morgan fingerprint density at radius 1 is 1.69 bits per heavy atom. The minimum atomic E-state index is -0.0634. The number of pyridine rings is 1. The molecular weight excluding hydrogens is 232 g/mol. The first-order chi connectivity index (χ1) is 6.27. The monoisotopic (exact) mass is 240 g/mol. The molecule has 0 aliphatic carbocycles. The van der Waals surface area contributed by atoms with Crippen LogP contribution in [-0.4, -0.2) is 23.4 Å². The van der Waals surface area contributed by atoms with Crippen LogP contribution in [0.15, 0.2) is 33.9 Å². The minimum absolute atomic E-state index is 0.0634. The molecule has 0 atom stereocenters. The second-order valence-electron chi connectivity index (χ2n) is 2.29. The largest absolute Gasteiger partial charge is 0.392 e. The predicted octanol–water partition coefficient (Wildman–Crippen LogP) is 1.88. The standard InChI is InChI=1S/C9H9BrN2O/c1-11-8(4-5-13)9-3-2-7(10)6-12-9/h2-4,6,13H,1,5H2/b8-4+. The van der Waals surface area contributed by atoms with Crippen molar-refractivity contribution in [3.8, 4) is 0 Å². The number of hydrogen-bond acceptors (Lipinski definition) is 3. The van der Waals surface area contributed by atoms with Crippen molar-refractivity contribution in [2.75, 3.05) is 6.61 Å². The molecule has 0 spiro atoms. The molecule has 0 radical (unpaired) electrons. The van der Waals surface area contributed by atoms with Gasteiger partial charge >= 0.3 is 0 Å². The van der Waals surface area contributed by atoms with E-state index in [1.807, 2.05) is 6.07 Å². The molecule has 0 saturated heterocycles. The van der Waals surface area contributed by atoms with E-state index in [-0.39, 0.29) is 6.61 Å². The van der Waals surface area contributed by atoms with E-state index in [1.165, 1.54) is 0 Å². The summed E-state index contributed by atoms with van der Waals surface area (Å²) in [5, 5.41) is 8.68. The van der Waals surface area contributed by atoms with Crippen molar-refractivity contribution in [3.05, 3.63) is 34.6 Å². The third kappa shape index (κ3) is 2.75. The zero-order valence-electron chi connectivity index (χ0n) is 6.94. The van der Waals surface area contributed by atoms with E-state index in [2.05, 4.69) is 32.6 Å². The highest BCUT2D eigenvalue weighted by atomic mass is 79.9. The number of rotatable bonds is 3. The maximum atomic E-state index is 8.68. The fourth-order valence-corrected chi connectivity index (χ4v) is 1.10. The third-order valence-electron chi connectivity index (χ3n) is 1.44. The maximum absolute atomic E-state index is 8.68. The molecule has 0 unspecified atom stereocenters. The molecule has 3 nitrogen and oxygen atoms in total. The Morgan fingerprint density at radius 3 is 2.92 bits per heavy atom. The number of halogens is 1. The molecule has 0 fully saturated rings. The Kier molecular flexibility index (Phi) is 3.79. The Bertz CT molecular complexity index is 319. The summed E-state index contributed by atoms with van der Waals surface area (Å²) < 4.78 is 0.906. The van der Waals surface area contributed by atoms with E-state index in [1.54, 1.807) is 18.3 Å². The van der Waals surface area contributed by atoms with Crippen LogP contribution < -0.4 is 0 Å². The lowest BCUT2D eigenvalue weighted by atomic mass is 10.2. The smallest absolute Gasteiger partial charge is 0.0884 e. The van der Waals surface area contributed by atoms with Gasteiger partial charge in [0.25, 0.3) is 0 Å². The molecule has 0 saturated carbocycles. The molecule has 68 valence electrons. The lowest BCUT2D eigenvalue weighted by Gasteiger charge is -1.99. The Labute approximate surface area is 85.0 Å². The van der Waals surface area contributed by atoms with E-state index in [4.69, 9.17) is 5.11 Å². The highest BCUT2D eigenvalue weighted by Gasteiger charge is 1.98. The number of hydrogen-bond donors (Lipinski definition) is 1. The molecular formula is C9H9BrN2O. The first-order valence-electron chi connectivity index (χ1n) is 3.67. The molecule has 0 amide bonds. The van der Waals surface area contributed by atoms with Gasteiger partial charge in [0.05, 0.1) is 18.0 Å². The van der Waals surface area contributed by atoms with E-state index in [0.717, 1.165) is 4.47 Å². The topological polar surface area (TPSA) is 45.5 Å². The summed E-state index contributed by atoms with van der Waals surface area (Å²) in [4.78, 5) is 7.86. The number of aromatic nitrogens is 1. The van der Waals surface area contributed by atoms with Crippen molar-refractivity contribution >= 4 is 28.3 Å². The van der Waals surface area contributed by atoms with Gasteiger partial charge in [0.15, 0.2) is 0 Å². The number of aliphatic hydroxyl groups excluding tert-OH is 1. The van der Waals surface area contributed by atoms with Crippen LogP contribution in [0.3, 0.4) is 0 Å². The summed E-state index contributed by atoms with van der Waals surface area (Å²) in [7, 11) is 0. The molecule has 4 heteroatoms. The average Bonchev–Trinajstić information content (AvgIpc) is 2.16. The third-order valence-corrected chi connectivity index (χ3v) is 1.91. The van der Waals surface area contributed by atoms with Crippen LogP contribution in [0.2, 0.25) is 0 Å². The van der Waals surface area contributed by atoms with Crippen molar-refractivity contribution in [1.82, 2.24) is 4.98 Å². The molecule has 0 aromatic carbocycles. The quantitative estimate of drug-likeness (QED) is 0.821. The van der Waals surface area contributed by atoms with Crippen LogP contribution in [0.1, 0.15) is 5.69 Å². The Balaban J connectivity index is 2.99. The molecule has 1 aromatic rings. The molecule has 1 heterocycles. The number of nitrogens with zero attached hydrogens (tertiary/aromatic N) is 2. The summed E-state index contributed by atoms with van der Waals surface area (Å²) in [5.41, 5.74) is 1.29. The molecule has 13 heavy (non-hydrogen) atoms. The molecule has 1 N–H and O–H groups in total. The summed E-state index contributed by atoms with van der Waals surface area (Å²) in [6.07, 6.45) is 3.23. The van der Waals surface area contributed by atoms with Crippen LogP contribution in [0.4, 0.5) is 0 Å². The van der Waals surface area contributed by atoms with Crippen molar-refractivity contribution in [3.63, 3.8) is 0 Å². The van der Waals surface area contributed by atoms with Crippen molar-refractivity contribution in [1.29, 1.82) is 0 Å². The maximum Gasteiger partial charge on any atom is 0.0884 e. The lowest BCUT2D eigenvalue weighted by molar-refractivity contribution is 0.343. The zero-order valence-corrected chi connectivity index (χ0v) is 8.53. The normalized spacial score (nSPS) is 11.4. The van der Waals surface area contributed by atoms with Gasteiger partial charge in [-0.25, -0.2) is 0 Å². The van der Waals surface area contributed by atoms with E-state index < -0.39 is 0 Å². The SMILES string of the molecule is C=N/C(=C/CO)c1ccc(Br)cn1. The average molecular weight is 241 g/mol. The van der Waals surface area contributed by atoms with Crippen LogP contribution in [0.5, 0.6) is 0 Å². The summed E-state index contributed by atoms with van der Waals surface area (Å²) in [6.45, 7) is 3.33. The summed E-state index contributed by atoms with van der Waals surface area (Å²) in [6, 6.07) is 3.67. The van der Waals surface area contributed by atoms with Crippen LogP contribution in [0.25, 0.3) is 5.70 Å². The zero-order chi connectivity index (χ0) is 9.68. The lowest BCUT2D eigenvalue weighted by Crippen LogP contribution is -1.87. The van der Waals surface area contributed by atoms with Crippen LogP contribution >= 0.6 is 15.9 Å². The van der Waals surface area contributed by atoms with E-state index >= 15 is 0 Å². The van der Waals surface area contributed by atoms with Gasteiger partial charge in [-0.05, 0) is 40.9 Å². The van der Waals surface area contributed by atoms with Crippen molar-refractivity contribution in [2.45, 2.75) is 0 Å². The first-order valence-corrected chi connectivity index (χ1v) is 4.47. The van der Waals surface area contributed by atoms with Gasteiger partial charge in [-0.2, -0.15) is 0 Å². The predicted molar refractivity (Wildman–Crippen MR) is 56.5 cm³/mol. The number of aliphatic imine (C=N–C) groups is 1. The van der Waals surface area contributed by atoms with Gasteiger partial charge in [0.2, 0.25) is 0 Å². The fraction of sp³-hybridized carbons (Fsp3) is 0.111. The first kappa shape index (κ1) is 10.1. The molecule has 0 bridgehead atoms. The Morgan fingerprint density at radius 2 is 2.46 bits per heavy atom. The summed E-state index contributed by atoms with van der Waals surface area (Å²) >= 11 is 3.28. The minimum Gasteiger partial charge on any atom is -0.392 e. The van der Waals surface area contributed by atoms with E-state index in [9.17, 15) is 0 Å². The van der Waals surface area contributed by atoms with Gasteiger partial charge in [0, 0.05) is 10.7 Å². The summed E-state index contributed by atoms with van der Waals surface area (Å²) in [5.74, 6) is 0. The van der Waals surface area contributed by atoms with Gasteiger partial charge < -0.3 is 5.11 Å². The van der Waals surface area contributed by atoms with Gasteiger partial charge in [-0.15, -0.1) is 0 Å². The molecule has 0 aliphatic heterocycles. The Hall–Kier alpha value is -1.00. The second-order valence-corrected chi connectivity index (χ2v) is 3.21. The van der Waals surface area contributed by atoms with Crippen molar-refractivity contribution in [2.24, 2.45) is 4.99 Å². The van der Waals surface area contributed by atoms with Gasteiger partial charge in [-0.1, -0.05) is 0 Å². The van der Waals surface area contributed by atoms with E-state index in [0.29, 0.717) is 11.4 Å². The van der Waals surface area contributed by atoms with Crippen LogP contribution in [-0.2, 0) is 0 Å². The van der Waals surface area contributed by atoms with Crippen molar-refractivity contribution < 1.29 is 5.11 Å². The highest BCUT2D eigenvalue weighted by molar-refractivity contribution is 9.10.